The van der Waals surface area contributed by atoms with Crippen molar-refractivity contribution in [3.8, 4) is 5.69 Å². The Morgan fingerprint density at radius 1 is 1.18 bits per heavy atom. The van der Waals surface area contributed by atoms with Gasteiger partial charge >= 0.3 is 6.18 Å². The lowest BCUT2D eigenvalue weighted by Gasteiger charge is -2.00. The number of hydrogen-bond donors (Lipinski definition) is 0. The molecule has 2 aromatic rings. The van der Waals surface area contributed by atoms with Crippen LogP contribution in [0.5, 0.6) is 0 Å². The summed E-state index contributed by atoms with van der Waals surface area (Å²) in [7, 11) is 0. The second-order valence-electron chi connectivity index (χ2n) is 3.21. The third kappa shape index (κ3) is 2.32. The van der Waals surface area contributed by atoms with Crippen molar-refractivity contribution in [3.05, 3.63) is 42.2 Å². The fourth-order valence-electron chi connectivity index (χ4n) is 1.22. The molecule has 0 spiro atoms. The largest absolute Gasteiger partial charge is 0.456 e. The molecule has 88 valence electrons. The van der Waals surface area contributed by atoms with Crippen LogP contribution in [-0.2, 0) is 0 Å². The Kier molecular flexibility index (Phi) is 2.66. The molecule has 0 aliphatic heterocycles. The molecular weight excluding hydrogens is 235 g/mol. The number of rotatable bonds is 2. The SMILES string of the molecule is O=C(c1cn(-c2ccccc2)nn1)C(F)(F)F. The normalized spacial score (nSPS) is 11.5. The molecule has 0 amide bonds. The van der Waals surface area contributed by atoms with E-state index < -0.39 is 17.7 Å². The first kappa shape index (κ1) is 11.3. The fraction of sp³-hybridized carbons (Fsp3) is 0.100. The van der Waals surface area contributed by atoms with Gasteiger partial charge in [-0.3, -0.25) is 4.79 Å². The number of alkyl halides is 3. The molecule has 1 aromatic carbocycles. The Balaban J connectivity index is 2.32. The molecule has 1 aromatic heterocycles. The standard InChI is InChI=1S/C10H6F3N3O/c11-10(12,13)9(17)8-6-16(15-14-8)7-4-2-1-3-5-7/h1-6H. The third-order valence-corrected chi connectivity index (χ3v) is 2.00. The van der Waals surface area contributed by atoms with Gasteiger partial charge in [-0.15, -0.1) is 5.10 Å². The average molecular weight is 241 g/mol. The Hall–Kier alpha value is -2.18. The molecule has 1 heterocycles. The first-order chi connectivity index (χ1) is 7.98. The van der Waals surface area contributed by atoms with Gasteiger partial charge < -0.3 is 0 Å². The topological polar surface area (TPSA) is 47.8 Å². The number of hydrogen-bond acceptors (Lipinski definition) is 3. The molecule has 0 aliphatic carbocycles. The van der Waals surface area contributed by atoms with Crippen molar-refractivity contribution in [2.24, 2.45) is 0 Å². The summed E-state index contributed by atoms with van der Waals surface area (Å²) in [6.45, 7) is 0. The number of aromatic nitrogens is 3. The molecule has 0 N–H and O–H groups in total. The van der Waals surface area contributed by atoms with Crippen LogP contribution in [0, 0.1) is 0 Å². The summed E-state index contributed by atoms with van der Waals surface area (Å²) in [4.78, 5) is 10.9. The van der Waals surface area contributed by atoms with E-state index in [9.17, 15) is 18.0 Å². The maximum atomic E-state index is 12.1. The van der Waals surface area contributed by atoms with Gasteiger partial charge in [0.05, 0.1) is 11.9 Å². The second kappa shape index (κ2) is 4.00. The Labute approximate surface area is 93.7 Å². The van der Waals surface area contributed by atoms with Crippen LogP contribution in [0.4, 0.5) is 13.2 Å². The van der Waals surface area contributed by atoms with Crippen LogP contribution in [0.3, 0.4) is 0 Å². The predicted octanol–water partition coefficient (Wildman–Crippen LogP) is 2.01. The van der Waals surface area contributed by atoms with E-state index in [0.29, 0.717) is 5.69 Å². The monoisotopic (exact) mass is 241 g/mol. The van der Waals surface area contributed by atoms with Gasteiger partial charge in [-0.1, -0.05) is 23.4 Å². The highest BCUT2D eigenvalue weighted by molar-refractivity contribution is 5.98. The number of carbonyl (C=O) groups is 1. The maximum Gasteiger partial charge on any atom is 0.456 e. The van der Waals surface area contributed by atoms with Crippen molar-refractivity contribution in [1.82, 2.24) is 15.0 Å². The zero-order valence-corrected chi connectivity index (χ0v) is 8.35. The summed E-state index contributed by atoms with van der Waals surface area (Å²) in [5.41, 5.74) is -0.192. The van der Waals surface area contributed by atoms with Gasteiger partial charge in [0.1, 0.15) is 0 Å². The predicted molar refractivity (Wildman–Crippen MR) is 51.7 cm³/mol. The molecule has 17 heavy (non-hydrogen) atoms. The lowest BCUT2D eigenvalue weighted by atomic mass is 10.3. The van der Waals surface area contributed by atoms with Crippen molar-refractivity contribution in [2.75, 3.05) is 0 Å². The minimum Gasteiger partial charge on any atom is -0.282 e. The number of Topliss-reactive ketones (excluding diaryl/α,β-unsaturated/α-hetero) is 1. The van der Waals surface area contributed by atoms with E-state index in [-0.39, 0.29) is 0 Å². The van der Waals surface area contributed by atoms with Gasteiger partial charge in [0.25, 0.3) is 5.78 Å². The molecule has 0 fully saturated rings. The summed E-state index contributed by atoms with van der Waals surface area (Å²) in [6, 6.07) is 8.42. The van der Waals surface area contributed by atoms with Gasteiger partial charge in [0.2, 0.25) is 0 Å². The van der Waals surface area contributed by atoms with Crippen LogP contribution in [0.2, 0.25) is 0 Å². The average Bonchev–Trinajstić information content (AvgIpc) is 2.77. The highest BCUT2D eigenvalue weighted by Gasteiger charge is 2.41. The van der Waals surface area contributed by atoms with Crippen molar-refractivity contribution < 1.29 is 18.0 Å². The van der Waals surface area contributed by atoms with Gasteiger partial charge in [-0.25, -0.2) is 4.68 Å². The Bertz CT molecular complexity index is 533. The van der Waals surface area contributed by atoms with Gasteiger partial charge in [0.15, 0.2) is 5.69 Å². The zero-order valence-electron chi connectivity index (χ0n) is 8.35. The van der Waals surface area contributed by atoms with Crippen molar-refractivity contribution in [2.45, 2.75) is 6.18 Å². The molecule has 0 unspecified atom stereocenters. The summed E-state index contributed by atoms with van der Waals surface area (Å²) < 4.78 is 37.5. The van der Waals surface area contributed by atoms with Crippen molar-refractivity contribution in [1.29, 1.82) is 0 Å². The zero-order chi connectivity index (χ0) is 12.5. The maximum absolute atomic E-state index is 12.1. The molecule has 0 aliphatic rings. The van der Waals surface area contributed by atoms with E-state index in [0.717, 1.165) is 10.9 Å². The number of para-hydroxylation sites is 1. The molecule has 2 rings (SSSR count). The van der Waals surface area contributed by atoms with E-state index in [1.807, 2.05) is 0 Å². The number of halogens is 3. The molecular formula is C10H6F3N3O. The van der Waals surface area contributed by atoms with E-state index in [1.165, 1.54) is 0 Å². The van der Waals surface area contributed by atoms with E-state index in [1.54, 1.807) is 30.3 Å². The highest BCUT2D eigenvalue weighted by atomic mass is 19.4. The molecule has 0 atom stereocenters. The van der Waals surface area contributed by atoms with E-state index in [4.69, 9.17) is 0 Å². The molecule has 0 bridgehead atoms. The minimum atomic E-state index is -4.93. The van der Waals surface area contributed by atoms with E-state index in [2.05, 4.69) is 10.3 Å². The van der Waals surface area contributed by atoms with Crippen LogP contribution >= 0.6 is 0 Å². The molecule has 0 saturated heterocycles. The van der Waals surface area contributed by atoms with Gasteiger partial charge in [0, 0.05) is 0 Å². The molecule has 4 nitrogen and oxygen atoms in total. The minimum absolute atomic E-state index is 0.529. The number of carbonyl (C=O) groups excluding carboxylic acids is 1. The van der Waals surface area contributed by atoms with Crippen LogP contribution in [0.1, 0.15) is 10.5 Å². The van der Waals surface area contributed by atoms with Gasteiger partial charge in [-0.05, 0) is 12.1 Å². The lowest BCUT2D eigenvalue weighted by Crippen LogP contribution is -2.23. The first-order valence-corrected chi connectivity index (χ1v) is 4.58. The van der Waals surface area contributed by atoms with E-state index >= 15 is 0 Å². The lowest BCUT2D eigenvalue weighted by molar-refractivity contribution is -0.0888. The third-order valence-electron chi connectivity index (χ3n) is 2.00. The van der Waals surface area contributed by atoms with Crippen molar-refractivity contribution >= 4 is 5.78 Å². The smallest absolute Gasteiger partial charge is 0.282 e. The number of ketones is 1. The van der Waals surface area contributed by atoms with Gasteiger partial charge in [-0.2, -0.15) is 13.2 Å². The summed E-state index contributed by atoms with van der Waals surface area (Å²) in [5, 5.41) is 6.67. The fourth-order valence-corrected chi connectivity index (χ4v) is 1.22. The van der Waals surface area contributed by atoms with Crippen LogP contribution in [-0.4, -0.2) is 27.0 Å². The summed E-state index contributed by atoms with van der Waals surface area (Å²) >= 11 is 0. The number of benzene rings is 1. The molecule has 0 saturated carbocycles. The van der Waals surface area contributed by atoms with Crippen molar-refractivity contribution in [3.63, 3.8) is 0 Å². The first-order valence-electron chi connectivity index (χ1n) is 4.58. The van der Waals surface area contributed by atoms with Crippen LogP contribution in [0.25, 0.3) is 5.69 Å². The summed E-state index contributed by atoms with van der Waals surface area (Å²) in [5.74, 6) is -2.00. The van der Waals surface area contributed by atoms with Crippen LogP contribution in [0.15, 0.2) is 36.5 Å². The number of nitrogens with zero attached hydrogens (tertiary/aromatic N) is 3. The highest BCUT2D eigenvalue weighted by Crippen LogP contribution is 2.20. The summed E-state index contributed by atoms with van der Waals surface area (Å²) in [6.07, 6.45) is -3.98. The molecule has 7 heteroatoms. The second-order valence-corrected chi connectivity index (χ2v) is 3.21. The quantitative estimate of drug-likeness (QED) is 0.755. The Morgan fingerprint density at radius 2 is 1.82 bits per heavy atom. The van der Waals surface area contributed by atoms with Crippen LogP contribution < -0.4 is 0 Å². The molecule has 0 radical (unpaired) electrons. The Morgan fingerprint density at radius 3 is 2.41 bits per heavy atom.